The van der Waals surface area contributed by atoms with Gasteiger partial charge in [0.1, 0.15) is 0 Å². The fourth-order valence-corrected chi connectivity index (χ4v) is 3.30. The van der Waals surface area contributed by atoms with Crippen LogP contribution in [-0.2, 0) is 10.5 Å². The van der Waals surface area contributed by atoms with Crippen LogP contribution in [0.2, 0.25) is 0 Å². The molecule has 1 saturated heterocycles. The molecule has 2 aromatic carbocycles. The van der Waals surface area contributed by atoms with Gasteiger partial charge < -0.3 is 28.8 Å². The predicted octanol–water partition coefficient (Wildman–Crippen LogP) is 2.69. The first-order valence-corrected chi connectivity index (χ1v) is 8.51. The second-order valence-electron chi connectivity index (χ2n) is 6.23. The topological polar surface area (TPSA) is 86.7 Å². The number of hydrogen-bond acceptors (Lipinski definition) is 7. The SMILES string of the molecule is COc1ccc(C2OC(=O)N(C)C2(O)c2ccc(OC)c(OC)c2)cc1OC. The van der Waals surface area contributed by atoms with Crippen LogP contribution in [0.5, 0.6) is 23.0 Å². The maximum atomic E-state index is 12.3. The van der Waals surface area contributed by atoms with E-state index >= 15 is 0 Å². The van der Waals surface area contributed by atoms with E-state index in [-0.39, 0.29) is 0 Å². The van der Waals surface area contributed by atoms with Crippen LogP contribution < -0.4 is 18.9 Å². The molecule has 0 saturated carbocycles. The van der Waals surface area contributed by atoms with Crippen LogP contribution >= 0.6 is 0 Å². The molecule has 0 spiro atoms. The Morgan fingerprint density at radius 3 is 2.00 bits per heavy atom. The molecular formula is C20H23NO7. The average molecular weight is 389 g/mol. The molecule has 1 heterocycles. The van der Waals surface area contributed by atoms with E-state index in [2.05, 4.69) is 0 Å². The molecule has 1 aliphatic heterocycles. The molecule has 2 atom stereocenters. The molecule has 8 nitrogen and oxygen atoms in total. The summed E-state index contributed by atoms with van der Waals surface area (Å²) in [5, 5.41) is 11.6. The highest BCUT2D eigenvalue weighted by Crippen LogP contribution is 2.48. The number of likely N-dealkylation sites (N-methyl/N-ethyl adjacent to an activating group) is 1. The van der Waals surface area contributed by atoms with Crippen molar-refractivity contribution >= 4 is 6.09 Å². The van der Waals surface area contributed by atoms with E-state index in [4.69, 9.17) is 23.7 Å². The second-order valence-corrected chi connectivity index (χ2v) is 6.23. The molecule has 0 aliphatic carbocycles. The third-order valence-corrected chi connectivity index (χ3v) is 4.89. The summed E-state index contributed by atoms with van der Waals surface area (Å²) in [4.78, 5) is 13.5. The summed E-state index contributed by atoms with van der Waals surface area (Å²) in [5.41, 5.74) is -0.804. The molecule has 150 valence electrons. The maximum absolute atomic E-state index is 12.3. The summed E-state index contributed by atoms with van der Waals surface area (Å²) in [6.07, 6.45) is -1.65. The first-order chi connectivity index (χ1) is 13.4. The van der Waals surface area contributed by atoms with Crippen molar-refractivity contribution in [3.63, 3.8) is 0 Å². The standard InChI is InChI=1S/C20H23NO7/c1-21-19(22)28-18(12-6-8-14(24-2)16(10-12)26-4)20(21,23)13-7-9-15(25-3)17(11-13)27-5/h6-11,18,23H,1-5H3. The van der Waals surface area contributed by atoms with Crippen molar-refractivity contribution in [2.75, 3.05) is 35.5 Å². The van der Waals surface area contributed by atoms with Gasteiger partial charge in [0.2, 0.25) is 5.72 Å². The normalized spacial score (nSPS) is 21.3. The van der Waals surface area contributed by atoms with E-state index in [0.29, 0.717) is 34.1 Å². The Bertz CT molecular complexity index is 885. The molecule has 2 aromatic rings. The number of aliphatic hydroxyl groups is 1. The lowest BCUT2D eigenvalue weighted by atomic mass is 9.91. The molecule has 1 aliphatic rings. The van der Waals surface area contributed by atoms with Gasteiger partial charge in [-0.15, -0.1) is 0 Å². The Balaban J connectivity index is 2.13. The van der Waals surface area contributed by atoms with Gasteiger partial charge in [0.05, 0.1) is 28.4 Å². The lowest BCUT2D eigenvalue weighted by molar-refractivity contribution is -0.101. The Hall–Kier alpha value is -3.13. The van der Waals surface area contributed by atoms with Crippen molar-refractivity contribution in [2.45, 2.75) is 11.8 Å². The summed E-state index contributed by atoms with van der Waals surface area (Å²) >= 11 is 0. The molecular weight excluding hydrogens is 366 g/mol. The van der Waals surface area contributed by atoms with Crippen LogP contribution in [0.1, 0.15) is 17.2 Å². The number of nitrogens with zero attached hydrogens (tertiary/aromatic N) is 1. The van der Waals surface area contributed by atoms with E-state index < -0.39 is 17.9 Å². The second kappa shape index (κ2) is 7.47. The van der Waals surface area contributed by atoms with Crippen LogP contribution in [0.4, 0.5) is 4.79 Å². The molecule has 0 aromatic heterocycles. The molecule has 1 amide bonds. The minimum atomic E-state index is -1.77. The number of benzene rings is 2. The molecule has 2 unspecified atom stereocenters. The van der Waals surface area contributed by atoms with E-state index in [1.54, 1.807) is 36.4 Å². The largest absolute Gasteiger partial charge is 0.493 e. The third-order valence-electron chi connectivity index (χ3n) is 4.89. The number of amides is 1. The number of carbonyl (C=O) groups excluding carboxylic acids is 1. The van der Waals surface area contributed by atoms with Crippen molar-refractivity contribution in [3.8, 4) is 23.0 Å². The van der Waals surface area contributed by atoms with Gasteiger partial charge in [-0.25, -0.2) is 4.79 Å². The van der Waals surface area contributed by atoms with Gasteiger partial charge in [0, 0.05) is 18.2 Å². The first kappa shape index (κ1) is 19.6. The summed E-state index contributed by atoms with van der Waals surface area (Å²) in [6.45, 7) is 0. The quantitative estimate of drug-likeness (QED) is 0.813. The molecule has 0 bridgehead atoms. The maximum Gasteiger partial charge on any atom is 0.412 e. The minimum absolute atomic E-state index is 0.415. The average Bonchev–Trinajstić information content (AvgIpc) is 2.97. The van der Waals surface area contributed by atoms with Gasteiger partial charge in [-0.3, -0.25) is 4.90 Å². The van der Waals surface area contributed by atoms with Crippen molar-refractivity contribution in [3.05, 3.63) is 47.5 Å². The molecule has 28 heavy (non-hydrogen) atoms. The van der Waals surface area contributed by atoms with Crippen molar-refractivity contribution in [1.82, 2.24) is 4.90 Å². The van der Waals surface area contributed by atoms with Crippen LogP contribution in [-0.4, -0.2) is 51.6 Å². The first-order valence-electron chi connectivity index (χ1n) is 8.51. The summed E-state index contributed by atoms with van der Waals surface area (Å²) in [5.74, 6) is 1.91. The van der Waals surface area contributed by atoms with Gasteiger partial charge in [-0.05, 0) is 24.3 Å². The number of cyclic esters (lactones) is 1. The van der Waals surface area contributed by atoms with Crippen molar-refractivity contribution in [1.29, 1.82) is 0 Å². The number of hydrogen-bond donors (Lipinski definition) is 1. The Labute approximate surface area is 163 Å². The van der Waals surface area contributed by atoms with Crippen molar-refractivity contribution < 1.29 is 33.6 Å². The number of carbonyl (C=O) groups is 1. The highest BCUT2D eigenvalue weighted by molar-refractivity contribution is 5.72. The number of ether oxygens (including phenoxy) is 5. The smallest absolute Gasteiger partial charge is 0.412 e. The zero-order chi connectivity index (χ0) is 20.5. The Morgan fingerprint density at radius 2 is 1.43 bits per heavy atom. The van der Waals surface area contributed by atoms with E-state index in [1.165, 1.54) is 35.5 Å². The number of rotatable bonds is 6. The summed E-state index contributed by atoms with van der Waals surface area (Å²) in [7, 11) is 7.53. The molecule has 1 N–H and O–H groups in total. The zero-order valence-corrected chi connectivity index (χ0v) is 16.4. The summed E-state index contributed by atoms with van der Waals surface area (Å²) in [6, 6.07) is 10.0. The van der Waals surface area contributed by atoms with Gasteiger partial charge >= 0.3 is 6.09 Å². The molecule has 3 rings (SSSR count). The fraction of sp³-hybridized carbons (Fsp3) is 0.350. The van der Waals surface area contributed by atoms with E-state index in [1.807, 2.05) is 0 Å². The zero-order valence-electron chi connectivity index (χ0n) is 16.4. The summed E-state index contributed by atoms with van der Waals surface area (Å²) < 4.78 is 26.7. The Kier molecular flexibility index (Phi) is 5.24. The van der Waals surface area contributed by atoms with Gasteiger partial charge in [0.25, 0.3) is 0 Å². The van der Waals surface area contributed by atoms with Gasteiger partial charge in [-0.2, -0.15) is 0 Å². The minimum Gasteiger partial charge on any atom is -0.493 e. The number of methoxy groups -OCH3 is 4. The van der Waals surface area contributed by atoms with Crippen LogP contribution in [0.15, 0.2) is 36.4 Å². The van der Waals surface area contributed by atoms with E-state index in [0.717, 1.165) is 4.90 Å². The molecule has 1 fully saturated rings. The fourth-order valence-electron chi connectivity index (χ4n) is 3.30. The third kappa shape index (κ3) is 2.95. The van der Waals surface area contributed by atoms with Crippen LogP contribution in [0, 0.1) is 0 Å². The lowest BCUT2D eigenvalue weighted by Gasteiger charge is -2.33. The van der Waals surface area contributed by atoms with Gasteiger partial charge in [-0.1, -0.05) is 12.1 Å². The van der Waals surface area contributed by atoms with Gasteiger partial charge in [0.15, 0.2) is 29.1 Å². The monoisotopic (exact) mass is 389 g/mol. The highest BCUT2D eigenvalue weighted by Gasteiger charge is 2.54. The van der Waals surface area contributed by atoms with Crippen LogP contribution in [0.25, 0.3) is 0 Å². The van der Waals surface area contributed by atoms with Crippen molar-refractivity contribution in [2.24, 2.45) is 0 Å². The Morgan fingerprint density at radius 1 is 0.893 bits per heavy atom. The molecule has 0 radical (unpaired) electrons. The molecule has 8 heteroatoms. The van der Waals surface area contributed by atoms with E-state index in [9.17, 15) is 9.90 Å². The lowest BCUT2D eigenvalue weighted by Crippen LogP contribution is -2.43. The highest BCUT2D eigenvalue weighted by atomic mass is 16.6. The van der Waals surface area contributed by atoms with Crippen LogP contribution in [0.3, 0.4) is 0 Å². The predicted molar refractivity (Wildman–Crippen MR) is 100.0 cm³/mol.